The van der Waals surface area contributed by atoms with Crippen LogP contribution >= 0.6 is 0 Å². The van der Waals surface area contributed by atoms with Crippen molar-refractivity contribution in [1.29, 1.82) is 0 Å². The summed E-state index contributed by atoms with van der Waals surface area (Å²) < 4.78 is 81.3. The van der Waals surface area contributed by atoms with Crippen molar-refractivity contribution in [3.63, 3.8) is 0 Å². The van der Waals surface area contributed by atoms with Gasteiger partial charge in [0.15, 0.2) is 5.82 Å². The maximum Gasteiger partial charge on any atom is 0.416 e. The Bertz CT molecular complexity index is 1410. The van der Waals surface area contributed by atoms with Gasteiger partial charge in [-0.15, -0.1) is 0 Å². The summed E-state index contributed by atoms with van der Waals surface area (Å²) in [6, 6.07) is 9.62. The summed E-state index contributed by atoms with van der Waals surface area (Å²) in [6.07, 6.45) is -3.65. The molecule has 0 atom stereocenters. The highest BCUT2D eigenvalue weighted by Crippen LogP contribution is 2.33. The van der Waals surface area contributed by atoms with E-state index in [4.69, 9.17) is 0 Å². The van der Waals surface area contributed by atoms with Gasteiger partial charge in [0.1, 0.15) is 23.1 Å². The summed E-state index contributed by atoms with van der Waals surface area (Å²) in [5, 5.41) is 7.29. The van der Waals surface area contributed by atoms with Crippen LogP contribution in [0.2, 0.25) is 0 Å². The molecule has 3 aromatic rings. The third-order valence-corrected chi connectivity index (χ3v) is 8.48. The number of nitrogens with one attached hydrogen (secondary N) is 1. The molecule has 2 aliphatic heterocycles. The first-order valence-electron chi connectivity index (χ1n) is 11.1. The summed E-state index contributed by atoms with van der Waals surface area (Å²) in [5.41, 5.74) is -1.19. The number of benzene rings is 2. The number of carbonyl (C=O) groups is 1. The van der Waals surface area contributed by atoms with Crippen molar-refractivity contribution in [3.8, 4) is 11.4 Å². The Hall–Kier alpha value is -3.32. The van der Waals surface area contributed by atoms with Crippen LogP contribution in [-0.2, 0) is 34.0 Å². The number of piperidine rings is 1. The quantitative estimate of drug-likeness (QED) is 0.533. The first-order valence-corrected chi connectivity index (χ1v) is 12.6. The SMILES string of the molecule is O=C1Cn2nc(-c3ccc(C(F)(F)F)cc3)nc2CC2(CCN(S(=O)(=O)c3ccccc3F)CC2)N1. The molecule has 1 amide bonds. The largest absolute Gasteiger partial charge is 0.416 e. The van der Waals surface area contributed by atoms with Crippen LogP contribution in [0.15, 0.2) is 53.4 Å². The Kier molecular flexibility index (Phi) is 5.86. The Balaban J connectivity index is 1.36. The molecule has 0 bridgehead atoms. The number of alkyl halides is 3. The van der Waals surface area contributed by atoms with Crippen molar-refractivity contribution in [2.45, 2.75) is 42.4 Å². The van der Waals surface area contributed by atoms with Crippen molar-refractivity contribution in [3.05, 3.63) is 65.7 Å². The van der Waals surface area contributed by atoms with E-state index < -0.39 is 38.0 Å². The van der Waals surface area contributed by atoms with Crippen LogP contribution in [0, 0.1) is 5.82 Å². The normalized spacial score (nSPS) is 18.5. The van der Waals surface area contributed by atoms with E-state index in [0.29, 0.717) is 11.4 Å². The zero-order valence-electron chi connectivity index (χ0n) is 18.8. The molecular formula is C23H21F4N5O3S. The topological polar surface area (TPSA) is 97.2 Å². The summed E-state index contributed by atoms with van der Waals surface area (Å²) in [7, 11) is -4.04. The molecule has 1 N–H and O–H groups in total. The van der Waals surface area contributed by atoms with Crippen LogP contribution in [0.4, 0.5) is 17.6 Å². The maximum absolute atomic E-state index is 14.1. The van der Waals surface area contributed by atoms with E-state index in [1.807, 2.05) is 0 Å². The van der Waals surface area contributed by atoms with Crippen molar-refractivity contribution in [1.82, 2.24) is 24.4 Å². The smallest absolute Gasteiger partial charge is 0.349 e. The van der Waals surface area contributed by atoms with E-state index in [-0.39, 0.29) is 50.6 Å². The fourth-order valence-corrected chi connectivity index (χ4v) is 6.14. The lowest BCUT2D eigenvalue weighted by Gasteiger charge is -2.40. The molecule has 36 heavy (non-hydrogen) atoms. The minimum atomic E-state index is -4.46. The second-order valence-electron chi connectivity index (χ2n) is 8.92. The maximum atomic E-state index is 14.1. The molecule has 2 aromatic carbocycles. The van der Waals surface area contributed by atoms with E-state index in [0.717, 1.165) is 18.2 Å². The van der Waals surface area contributed by atoms with Gasteiger partial charge in [0.25, 0.3) is 0 Å². The highest BCUT2D eigenvalue weighted by molar-refractivity contribution is 7.89. The number of nitrogens with zero attached hydrogens (tertiary/aromatic N) is 4. The van der Waals surface area contributed by atoms with Crippen molar-refractivity contribution in [2.75, 3.05) is 13.1 Å². The molecule has 1 saturated heterocycles. The van der Waals surface area contributed by atoms with Crippen LogP contribution in [0.25, 0.3) is 11.4 Å². The minimum absolute atomic E-state index is 0.0663. The Morgan fingerprint density at radius 3 is 2.31 bits per heavy atom. The van der Waals surface area contributed by atoms with Gasteiger partial charge in [0.2, 0.25) is 15.9 Å². The zero-order valence-corrected chi connectivity index (χ0v) is 19.6. The minimum Gasteiger partial charge on any atom is -0.349 e. The third kappa shape index (κ3) is 4.48. The third-order valence-electron chi connectivity index (χ3n) is 6.55. The fourth-order valence-electron chi connectivity index (χ4n) is 4.63. The molecule has 0 unspecified atom stereocenters. The van der Waals surface area contributed by atoms with Crippen LogP contribution in [-0.4, -0.2) is 52.0 Å². The fraction of sp³-hybridized carbons (Fsp3) is 0.348. The Labute approximate surface area is 204 Å². The van der Waals surface area contributed by atoms with Gasteiger partial charge in [0.05, 0.1) is 5.56 Å². The van der Waals surface area contributed by atoms with Gasteiger partial charge >= 0.3 is 6.18 Å². The molecule has 3 heterocycles. The molecular weight excluding hydrogens is 502 g/mol. The molecule has 0 radical (unpaired) electrons. The van der Waals surface area contributed by atoms with Crippen molar-refractivity contribution >= 4 is 15.9 Å². The summed E-state index contributed by atoms with van der Waals surface area (Å²) in [4.78, 5) is 16.7. The molecule has 0 saturated carbocycles. The first kappa shape index (κ1) is 24.4. The van der Waals surface area contributed by atoms with Gasteiger partial charge in [0, 0.05) is 30.6 Å². The van der Waals surface area contributed by atoms with E-state index in [9.17, 15) is 30.8 Å². The lowest BCUT2D eigenvalue weighted by molar-refractivity contribution is -0.137. The number of rotatable bonds is 3. The lowest BCUT2D eigenvalue weighted by atomic mass is 9.85. The summed E-state index contributed by atoms with van der Waals surface area (Å²) >= 11 is 0. The van der Waals surface area contributed by atoms with Crippen molar-refractivity contribution in [2.24, 2.45) is 0 Å². The molecule has 5 rings (SSSR count). The van der Waals surface area contributed by atoms with Gasteiger partial charge in [-0.2, -0.15) is 22.6 Å². The average Bonchev–Trinajstić information content (AvgIpc) is 3.15. The number of sulfonamides is 1. The predicted octanol–water partition coefficient (Wildman–Crippen LogP) is 3.00. The van der Waals surface area contributed by atoms with Gasteiger partial charge in [-0.3, -0.25) is 4.79 Å². The number of hydrogen-bond acceptors (Lipinski definition) is 5. The zero-order chi connectivity index (χ0) is 25.7. The van der Waals surface area contributed by atoms with E-state index in [1.54, 1.807) is 0 Å². The van der Waals surface area contributed by atoms with E-state index >= 15 is 0 Å². The molecule has 13 heteroatoms. The van der Waals surface area contributed by atoms with E-state index in [2.05, 4.69) is 15.4 Å². The predicted molar refractivity (Wildman–Crippen MR) is 119 cm³/mol. The van der Waals surface area contributed by atoms with Gasteiger partial charge in [-0.25, -0.2) is 22.5 Å². The number of halogens is 4. The molecule has 8 nitrogen and oxygen atoms in total. The van der Waals surface area contributed by atoms with Crippen molar-refractivity contribution < 1.29 is 30.8 Å². The highest BCUT2D eigenvalue weighted by atomic mass is 32.2. The average molecular weight is 524 g/mol. The number of amides is 1. The summed E-state index contributed by atoms with van der Waals surface area (Å²) in [5.74, 6) is -0.496. The lowest BCUT2D eigenvalue weighted by Crippen LogP contribution is -2.56. The van der Waals surface area contributed by atoms with Crippen LogP contribution in [0.3, 0.4) is 0 Å². The highest BCUT2D eigenvalue weighted by Gasteiger charge is 2.43. The van der Waals surface area contributed by atoms with Gasteiger partial charge in [-0.05, 0) is 37.1 Å². The second kappa shape index (κ2) is 8.66. The number of aromatic nitrogens is 3. The molecule has 2 aliphatic rings. The second-order valence-corrected chi connectivity index (χ2v) is 10.8. The molecule has 1 spiro atoms. The number of hydrogen-bond donors (Lipinski definition) is 1. The molecule has 0 aliphatic carbocycles. The Morgan fingerprint density at radius 1 is 1.00 bits per heavy atom. The molecule has 190 valence electrons. The van der Waals surface area contributed by atoms with Gasteiger partial charge in [-0.1, -0.05) is 24.3 Å². The standard InChI is InChI=1S/C23H21F4N5O3S/c24-17-3-1-2-4-18(17)36(34,35)31-11-9-22(10-12-31)13-19-28-21(30-32(19)14-20(33)29-22)15-5-7-16(8-6-15)23(25,26)27/h1-8H,9-14H2,(H,29,33). The van der Waals surface area contributed by atoms with Crippen LogP contribution in [0.5, 0.6) is 0 Å². The first-order chi connectivity index (χ1) is 17.0. The van der Waals surface area contributed by atoms with E-state index in [1.165, 1.54) is 39.3 Å². The summed E-state index contributed by atoms with van der Waals surface area (Å²) in [6.45, 7) is 0.00957. The van der Waals surface area contributed by atoms with Crippen LogP contribution in [0.1, 0.15) is 24.2 Å². The van der Waals surface area contributed by atoms with Crippen LogP contribution < -0.4 is 5.32 Å². The number of fused-ring (bicyclic) bond motifs is 1. The molecule has 1 aromatic heterocycles. The number of carbonyl (C=O) groups excluding carboxylic acids is 1. The Morgan fingerprint density at radius 2 is 1.67 bits per heavy atom. The monoisotopic (exact) mass is 523 g/mol. The van der Waals surface area contributed by atoms with Gasteiger partial charge < -0.3 is 5.32 Å². The molecule has 1 fully saturated rings.